The summed E-state index contributed by atoms with van der Waals surface area (Å²) >= 11 is 0. The number of benzene rings is 5. The predicted octanol–water partition coefficient (Wildman–Crippen LogP) is 9.63. The number of aliphatic imine (C=N–C) groups is 2. The molecule has 2 amide bonds. The van der Waals surface area contributed by atoms with E-state index in [1.165, 1.54) is 0 Å². The lowest BCUT2D eigenvalue weighted by Gasteiger charge is -2.22. The average molecular weight is 978 g/mol. The summed E-state index contributed by atoms with van der Waals surface area (Å²) in [7, 11) is 6.37. The van der Waals surface area contributed by atoms with Crippen LogP contribution in [0.15, 0.2) is 130 Å². The van der Waals surface area contributed by atoms with E-state index < -0.39 is 0 Å². The Morgan fingerprint density at radius 3 is 1.81 bits per heavy atom. The molecule has 0 saturated heterocycles. The highest BCUT2D eigenvalue weighted by atomic mass is 33.1. The first-order valence-corrected chi connectivity index (χ1v) is 25.4. The van der Waals surface area contributed by atoms with Crippen molar-refractivity contribution in [3.8, 4) is 28.7 Å². The van der Waals surface area contributed by atoms with Gasteiger partial charge in [-0.1, -0.05) is 53.3 Å². The van der Waals surface area contributed by atoms with Crippen LogP contribution >= 0.6 is 21.6 Å². The molecule has 2 atom stereocenters. The van der Waals surface area contributed by atoms with Crippen LogP contribution in [0.2, 0.25) is 0 Å². The molecule has 17 heteroatoms. The molecule has 0 saturated carbocycles. The van der Waals surface area contributed by atoms with Gasteiger partial charge in [0.25, 0.3) is 11.8 Å². The molecule has 0 bridgehead atoms. The number of hydrogen-bond donors (Lipinski definition) is 2. The molecule has 15 nitrogen and oxygen atoms in total. The standard InChI is InChI=1S/C53H51N7O8S2/c1-64-47-26-41-43(55-30-38-24-36-11-3-5-13-45(36)59(38)52(41)61)28-49(47)67-32-34-21-35(23-40(22-34)66-19-10-9-18-58(63)57-17-20-69-70-51-15-7-8-16-54-51)33-68-50-29-44-42(27-48(50)65-2)53(62)60-39(31-56-44)25-37-12-4-6-14-46(37)60/h3-8,11-16,21-23,26-31,38-39,57,63H,9-10,17-20,24-25,32-33H2,1-2H3/t38-,39-/m0/s1. The van der Waals surface area contributed by atoms with E-state index in [9.17, 15) is 14.8 Å². The van der Waals surface area contributed by atoms with Gasteiger partial charge in [0.15, 0.2) is 23.0 Å². The van der Waals surface area contributed by atoms with E-state index in [1.54, 1.807) is 76.1 Å². The largest absolute Gasteiger partial charge is 0.494 e. The van der Waals surface area contributed by atoms with E-state index in [0.29, 0.717) is 96.6 Å². The van der Waals surface area contributed by atoms with Crippen LogP contribution in [0.1, 0.15) is 55.8 Å². The third-order valence-corrected chi connectivity index (χ3v) is 14.6. The Labute approximate surface area is 413 Å². The number of nitrogens with zero attached hydrogens (tertiary/aromatic N) is 6. The Hall–Kier alpha value is -6.89. The molecule has 358 valence electrons. The molecule has 4 aliphatic rings. The number of anilines is 2. The number of pyridine rings is 1. The van der Waals surface area contributed by atoms with Crippen molar-refractivity contribution < 1.29 is 38.5 Å². The van der Waals surface area contributed by atoms with Crippen LogP contribution in [0.4, 0.5) is 22.7 Å². The lowest BCUT2D eigenvalue weighted by molar-refractivity contribution is -0.136. The maximum Gasteiger partial charge on any atom is 0.261 e. The first-order chi connectivity index (χ1) is 34.3. The summed E-state index contributed by atoms with van der Waals surface area (Å²) in [5.74, 6) is 2.77. The van der Waals surface area contributed by atoms with Gasteiger partial charge < -0.3 is 23.7 Å². The van der Waals surface area contributed by atoms with Crippen LogP contribution in [0, 0.1) is 0 Å². The zero-order valence-electron chi connectivity index (χ0n) is 38.7. The SMILES string of the molecule is COc1cc2c(cc1OCc1cc(COc3cc4c(cc3OC)C(=O)N3c5ccccc5C[C@H]3C=N4)cc(OCCCCN(O)NCCSSc3ccccn3)c1)N=C[C@@H]1Cc3ccccc3N1C2=O. The molecular formula is C53H51N7O8S2. The molecule has 0 unspecified atom stereocenters. The summed E-state index contributed by atoms with van der Waals surface area (Å²) in [5.41, 5.74) is 10.5. The number of nitrogens with one attached hydrogen (secondary N) is 1. The Balaban J connectivity index is 0.829. The number of ether oxygens (including phenoxy) is 5. The van der Waals surface area contributed by atoms with Crippen molar-refractivity contribution in [2.24, 2.45) is 9.98 Å². The van der Waals surface area contributed by atoms with Crippen molar-refractivity contribution in [2.75, 3.05) is 49.5 Å². The summed E-state index contributed by atoms with van der Waals surface area (Å²) in [6, 6.07) is 34.0. The normalized spacial score (nSPS) is 16.2. The Morgan fingerprint density at radius 1 is 0.686 bits per heavy atom. The van der Waals surface area contributed by atoms with E-state index in [4.69, 9.17) is 33.7 Å². The van der Waals surface area contributed by atoms with E-state index in [-0.39, 0.29) is 37.1 Å². The van der Waals surface area contributed by atoms with Gasteiger partial charge in [0.1, 0.15) is 24.0 Å². The highest BCUT2D eigenvalue weighted by molar-refractivity contribution is 8.76. The average Bonchev–Trinajstić information content (AvgIpc) is 3.88. The Bertz CT molecular complexity index is 2800. The third kappa shape index (κ3) is 10.2. The Morgan fingerprint density at radius 2 is 1.26 bits per heavy atom. The first kappa shape index (κ1) is 46.8. The number of rotatable bonds is 20. The van der Waals surface area contributed by atoms with E-state index in [2.05, 4.69) is 10.4 Å². The van der Waals surface area contributed by atoms with Gasteiger partial charge >= 0.3 is 0 Å². The summed E-state index contributed by atoms with van der Waals surface area (Å²) in [6.07, 6.45) is 8.18. The minimum atomic E-state index is -0.191. The van der Waals surface area contributed by atoms with E-state index in [0.717, 1.165) is 49.6 Å². The van der Waals surface area contributed by atoms with Crippen LogP contribution < -0.4 is 38.9 Å². The number of para-hydroxylation sites is 2. The van der Waals surface area contributed by atoms with Crippen LogP contribution in [0.25, 0.3) is 0 Å². The molecule has 6 aromatic rings. The summed E-state index contributed by atoms with van der Waals surface area (Å²) < 4.78 is 30.8. The first-order valence-electron chi connectivity index (χ1n) is 23.1. The number of carbonyl (C=O) groups is 2. The summed E-state index contributed by atoms with van der Waals surface area (Å²) in [4.78, 5) is 45.6. The number of amides is 2. The van der Waals surface area contributed by atoms with Crippen molar-refractivity contribution >= 4 is 68.6 Å². The fourth-order valence-corrected chi connectivity index (χ4v) is 10.8. The summed E-state index contributed by atoms with van der Waals surface area (Å²) in [5, 5.41) is 12.5. The van der Waals surface area contributed by atoms with Crippen molar-refractivity contribution in [1.29, 1.82) is 0 Å². The van der Waals surface area contributed by atoms with E-state index in [1.807, 2.05) is 97.4 Å². The van der Waals surface area contributed by atoms with Gasteiger partial charge in [0.2, 0.25) is 0 Å². The van der Waals surface area contributed by atoms with Crippen LogP contribution in [0.5, 0.6) is 28.7 Å². The number of methoxy groups -OCH3 is 2. The number of hydroxylamine groups is 1. The molecule has 0 fully saturated rings. The summed E-state index contributed by atoms with van der Waals surface area (Å²) in [6.45, 7) is 1.67. The van der Waals surface area contributed by atoms with Crippen molar-refractivity contribution in [2.45, 2.75) is 56.0 Å². The second kappa shape index (κ2) is 21.4. The second-order valence-corrected chi connectivity index (χ2v) is 19.4. The number of hydrazine groups is 1. The zero-order chi connectivity index (χ0) is 48.0. The van der Waals surface area contributed by atoms with Crippen molar-refractivity contribution in [3.05, 3.63) is 149 Å². The quantitative estimate of drug-likeness (QED) is 0.0423. The lowest BCUT2D eigenvalue weighted by Crippen LogP contribution is -2.37. The molecule has 70 heavy (non-hydrogen) atoms. The smallest absolute Gasteiger partial charge is 0.261 e. The van der Waals surface area contributed by atoms with Crippen molar-refractivity contribution in [3.63, 3.8) is 0 Å². The molecule has 0 radical (unpaired) electrons. The van der Waals surface area contributed by atoms with Crippen LogP contribution in [-0.4, -0.2) is 91.4 Å². The highest BCUT2D eigenvalue weighted by Crippen LogP contribution is 2.43. The highest BCUT2D eigenvalue weighted by Gasteiger charge is 2.38. The molecule has 2 N–H and O–H groups in total. The van der Waals surface area contributed by atoms with Crippen LogP contribution in [-0.2, 0) is 26.1 Å². The molecule has 4 aliphatic heterocycles. The number of unbranched alkanes of at least 4 members (excludes halogenated alkanes) is 1. The minimum absolute atomic E-state index is 0.128. The van der Waals surface area contributed by atoms with Gasteiger partial charge in [-0.05, 0) is 100 Å². The maximum atomic E-state index is 14.0. The van der Waals surface area contributed by atoms with E-state index >= 15 is 0 Å². The molecule has 10 rings (SSSR count). The molecule has 1 aromatic heterocycles. The number of hydrogen-bond acceptors (Lipinski definition) is 15. The lowest BCUT2D eigenvalue weighted by atomic mass is 10.1. The minimum Gasteiger partial charge on any atom is -0.494 e. The van der Waals surface area contributed by atoms with Gasteiger partial charge in [0, 0.05) is 73.8 Å². The van der Waals surface area contributed by atoms with Gasteiger partial charge in [-0.15, -0.1) is 5.17 Å². The maximum absolute atomic E-state index is 14.0. The third-order valence-electron chi connectivity index (χ3n) is 12.4. The Kier molecular flexibility index (Phi) is 14.3. The van der Waals surface area contributed by atoms with Crippen molar-refractivity contribution in [1.82, 2.24) is 15.6 Å². The monoisotopic (exact) mass is 977 g/mol. The van der Waals surface area contributed by atoms with Gasteiger partial charge in [-0.3, -0.25) is 34.6 Å². The second-order valence-electron chi connectivity index (χ2n) is 17.0. The fourth-order valence-electron chi connectivity index (χ4n) is 9.03. The van der Waals surface area contributed by atoms with Gasteiger partial charge in [-0.25, -0.2) is 10.4 Å². The molecule has 0 spiro atoms. The molecule has 0 aliphatic carbocycles. The van der Waals surface area contributed by atoms with Gasteiger partial charge in [0.05, 0.1) is 55.4 Å². The molecular weight excluding hydrogens is 927 g/mol. The fraction of sp³-hybridized carbons (Fsp3) is 0.264. The molecule has 5 heterocycles. The topological polar surface area (TPSA) is 160 Å². The van der Waals surface area contributed by atoms with Crippen LogP contribution in [0.3, 0.4) is 0 Å². The zero-order valence-corrected chi connectivity index (χ0v) is 40.3. The molecule has 5 aromatic carbocycles. The number of fused-ring (bicyclic) bond motifs is 8. The number of carbonyl (C=O) groups excluding carboxylic acids is 2. The predicted molar refractivity (Wildman–Crippen MR) is 273 cm³/mol. The number of aromatic nitrogens is 1. The van der Waals surface area contributed by atoms with Gasteiger partial charge in [-0.2, -0.15) is 0 Å².